The number of phosphoric ester groups is 1. The second-order valence-corrected chi connectivity index (χ2v) is 17.3. The topological polar surface area (TPSA) is 210 Å². The van der Waals surface area contributed by atoms with Gasteiger partial charge >= 0.3 is 19.8 Å². The summed E-state index contributed by atoms with van der Waals surface area (Å²) in [6.45, 7) is 3.18. The number of hydrogen-bond donors (Lipinski definition) is 6. The van der Waals surface area contributed by atoms with Gasteiger partial charge in [-0.15, -0.1) is 0 Å². The summed E-state index contributed by atoms with van der Waals surface area (Å²) in [6, 6.07) is 0. The first kappa shape index (κ1) is 56.6. The number of aliphatic hydroxyl groups is 5. The first-order valence-electron chi connectivity index (χ1n) is 23.1. The summed E-state index contributed by atoms with van der Waals surface area (Å²) in [5, 5.41) is 50.1. The van der Waals surface area contributed by atoms with Gasteiger partial charge in [0.15, 0.2) is 6.10 Å². The smallest absolute Gasteiger partial charge is 0.462 e. The maximum Gasteiger partial charge on any atom is 0.472 e. The molecule has 0 saturated heterocycles. The van der Waals surface area contributed by atoms with Gasteiger partial charge in [-0.1, -0.05) is 158 Å². The summed E-state index contributed by atoms with van der Waals surface area (Å²) in [6.07, 6.45) is 31.6. The molecule has 352 valence electrons. The van der Waals surface area contributed by atoms with Crippen LogP contribution in [0.25, 0.3) is 0 Å². The number of rotatable bonds is 37. The van der Waals surface area contributed by atoms with Crippen molar-refractivity contribution in [2.24, 2.45) is 0 Å². The molecule has 0 aliphatic heterocycles. The second-order valence-electron chi connectivity index (χ2n) is 15.9. The van der Waals surface area contributed by atoms with Gasteiger partial charge in [-0.2, -0.15) is 0 Å². The van der Waals surface area contributed by atoms with E-state index in [0.29, 0.717) is 19.3 Å². The molecular formula is C47H81O13P. The fourth-order valence-corrected chi connectivity index (χ4v) is 7.58. The van der Waals surface area contributed by atoms with Gasteiger partial charge in [0.25, 0.3) is 0 Å². The number of carbonyl (C=O) groups is 2. The number of aliphatic hydroxyl groups excluding tert-OH is 5. The molecule has 0 spiro atoms. The fourth-order valence-electron chi connectivity index (χ4n) is 6.60. The Balaban J connectivity index is 2.54. The molecule has 0 bridgehead atoms. The monoisotopic (exact) mass is 885 g/mol. The summed E-state index contributed by atoms with van der Waals surface area (Å²) in [5.74, 6) is -1.25. The third kappa shape index (κ3) is 29.5. The summed E-state index contributed by atoms with van der Waals surface area (Å²) < 4.78 is 33.4. The van der Waals surface area contributed by atoms with Crippen LogP contribution in [0.4, 0.5) is 0 Å². The van der Waals surface area contributed by atoms with Crippen LogP contribution in [0.5, 0.6) is 0 Å². The predicted octanol–water partition coefficient (Wildman–Crippen LogP) is 8.94. The molecule has 0 aromatic carbocycles. The van der Waals surface area contributed by atoms with Crippen LogP contribution in [-0.4, -0.2) is 98.3 Å². The number of esters is 2. The molecule has 14 heteroatoms. The van der Waals surface area contributed by atoms with Crippen LogP contribution in [0, 0.1) is 0 Å². The third-order valence-electron chi connectivity index (χ3n) is 10.4. The lowest BCUT2D eigenvalue weighted by molar-refractivity contribution is -0.220. The van der Waals surface area contributed by atoms with Gasteiger partial charge in [0.2, 0.25) is 0 Å². The van der Waals surface area contributed by atoms with E-state index in [2.05, 4.69) is 50.3 Å². The Hall–Kier alpha value is -2.45. The van der Waals surface area contributed by atoms with Crippen molar-refractivity contribution in [3.63, 3.8) is 0 Å². The highest BCUT2D eigenvalue weighted by atomic mass is 31.2. The van der Waals surface area contributed by atoms with Crippen molar-refractivity contribution in [2.45, 2.75) is 211 Å². The van der Waals surface area contributed by atoms with E-state index in [1.54, 1.807) is 0 Å². The van der Waals surface area contributed by atoms with Gasteiger partial charge in [-0.25, -0.2) is 4.57 Å². The zero-order chi connectivity index (χ0) is 45.0. The van der Waals surface area contributed by atoms with E-state index in [-0.39, 0.29) is 12.8 Å². The van der Waals surface area contributed by atoms with Crippen LogP contribution in [0.2, 0.25) is 0 Å². The summed E-state index contributed by atoms with van der Waals surface area (Å²) in [7, 11) is -5.14. The van der Waals surface area contributed by atoms with Gasteiger partial charge in [-0.3, -0.25) is 18.6 Å². The maximum atomic E-state index is 12.8. The minimum absolute atomic E-state index is 0.0325. The lowest BCUT2D eigenvalue weighted by Crippen LogP contribution is -2.64. The van der Waals surface area contributed by atoms with E-state index in [1.807, 2.05) is 24.3 Å². The second kappa shape index (κ2) is 37.0. The number of ether oxygens (including phenoxy) is 2. The number of phosphoric acid groups is 1. The van der Waals surface area contributed by atoms with Crippen molar-refractivity contribution >= 4 is 19.8 Å². The van der Waals surface area contributed by atoms with Crippen molar-refractivity contribution in [3.05, 3.63) is 60.8 Å². The Morgan fingerprint density at radius 2 is 0.885 bits per heavy atom. The minimum Gasteiger partial charge on any atom is -0.462 e. The van der Waals surface area contributed by atoms with E-state index in [0.717, 1.165) is 32.1 Å². The van der Waals surface area contributed by atoms with E-state index >= 15 is 0 Å². The van der Waals surface area contributed by atoms with Crippen molar-refractivity contribution < 1.29 is 63.1 Å². The van der Waals surface area contributed by atoms with E-state index in [9.17, 15) is 44.6 Å². The predicted molar refractivity (Wildman–Crippen MR) is 239 cm³/mol. The molecule has 0 radical (unpaired) electrons. The Bertz CT molecular complexity index is 1300. The average Bonchev–Trinajstić information content (AvgIpc) is 3.24. The van der Waals surface area contributed by atoms with Crippen LogP contribution in [0.1, 0.15) is 168 Å². The van der Waals surface area contributed by atoms with E-state index in [4.69, 9.17) is 18.5 Å². The zero-order valence-corrected chi connectivity index (χ0v) is 38.1. The lowest BCUT2D eigenvalue weighted by atomic mass is 9.85. The van der Waals surface area contributed by atoms with E-state index < -0.39 is 75.7 Å². The van der Waals surface area contributed by atoms with Gasteiger partial charge in [-0.05, 0) is 57.8 Å². The molecule has 8 atom stereocenters. The number of carbonyl (C=O) groups excluding carboxylic acids is 2. The van der Waals surface area contributed by atoms with Crippen molar-refractivity contribution in [2.75, 3.05) is 13.2 Å². The highest BCUT2D eigenvalue weighted by molar-refractivity contribution is 7.47. The van der Waals surface area contributed by atoms with Crippen LogP contribution in [0.3, 0.4) is 0 Å². The highest BCUT2D eigenvalue weighted by Crippen LogP contribution is 2.47. The molecule has 13 nitrogen and oxygen atoms in total. The lowest BCUT2D eigenvalue weighted by Gasteiger charge is -2.41. The molecule has 0 amide bonds. The Morgan fingerprint density at radius 3 is 1.39 bits per heavy atom. The summed E-state index contributed by atoms with van der Waals surface area (Å²) in [5.41, 5.74) is 0. The molecular weight excluding hydrogens is 803 g/mol. The van der Waals surface area contributed by atoms with Gasteiger partial charge < -0.3 is 39.9 Å². The molecule has 1 rings (SSSR count). The van der Waals surface area contributed by atoms with Crippen LogP contribution in [-0.2, 0) is 32.7 Å². The van der Waals surface area contributed by atoms with Crippen LogP contribution in [0.15, 0.2) is 60.8 Å². The van der Waals surface area contributed by atoms with Crippen molar-refractivity contribution in [3.8, 4) is 0 Å². The van der Waals surface area contributed by atoms with Crippen molar-refractivity contribution in [1.82, 2.24) is 0 Å². The number of hydrogen-bond acceptors (Lipinski definition) is 12. The largest absolute Gasteiger partial charge is 0.472 e. The van der Waals surface area contributed by atoms with Crippen LogP contribution < -0.4 is 0 Å². The zero-order valence-electron chi connectivity index (χ0n) is 37.2. The van der Waals surface area contributed by atoms with Gasteiger partial charge in [0.1, 0.15) is 43.2 Å². The summed E-state index contributed by atoms with van der Waals surface area (Å²) in [4.78, 5) is 35.6. The molecule has 0 aromatic heterocycles. The highest BCUT2D eigenvalue weighted by Gasteiger charge is 2.51. The molecule has 1 saturated carbocycles. The Labute approximate surface area is 366 Å². The molecule has 0 heterocycles. The van der Waals surface area contributed by atoms with Crippen LogP contribution >= 0.6 is 7.82 Å². The molecule has 1 aliphatic carbocycles. The fraction of sp³-hybridized carbons (Fsp3) is 0.745. The van der Waals surface area contributed by atoms with Gasteiger partial charge in [0, 0.05) is 12.8 Å². The first-order valence-corrected chi connectivity index (χ1v) is 24.6. The quantitative estimate of drug-likeness (QED) is 0.0149. The van der Waals surface area contributed by atoms with Crippen molar-refractivity contribution in [1.29, 1.82) is 0 Å². The number of unbranched alkanes of at least 4 members (excludes halogenated alkanes) is 15. The Morgan fingerprint density at radius 1 is 0.508 bits per heavy atom. The standard InChI is InChI=1S/C47H81O13P/c1-3-5-7-9-11-13-15-17-19-20-22-24-26-28-30-32-34-36-41(49)59-39(38-58-61(55,56)60-47-45(53)43(51)42(50)44(52)46(47)54)37-57-40(48)35-33-31-29-27-25-23-21-18-16-14-12-10-8-6-4-2/h13,15,19-20,24,26,29-32,39,42-47,50-54H,3-12,14,16-18,21-23,25,27-28,33-38H2,1-2H3,(H,55,56)/b15-13-,20-19-,26-24-,31-29-,32-30-/t39?,42?,43-,44+,45-,46-,47?/m0/s1. The third-order valence-corrected chi connectivity index (χ3v) is 11.3. The maximum absolute atomic E-state index is 12.8. The molecule has 1 fully saturated rings. The molecule has 1 aliphatic rings. The molecule has 4 unspecified atom stereocenters. The SMILES string of the molecule is CCCCCC/C=C\C/C=C\C/C=C\C/C=C\CCC(=O)OC(COC(=O)CC/C=C\CCCCCCCCCCCCC)COP(=O)(O)OC1[C@@H](O)[C@H](O)C(O)[C@H](O)[C@@H]1O. The Kier molecular flexibility index (Phi) is 34.3. The minimum atomic E-state index is -5.14. The van der Waals surface area contributed by atoms with Gasteiger partial charge in [0.05, 0.1) is 6.61 Å². The average molecular weight is 885 g/mol. The van der Waals surface area contributed by atoms with E-state index in [1.165, 1.54) is 89.9 Å². The normalized spacial score (nSPS) is 22.6. The molecule has 61 heavy (non-hydrogen) atoms. The first-order chi connectivity index (χ1) is 29.4. The summed E-state index contributed by atoms with van der Waals surface area (Å²) >= 11 is 0. The molecule has 0 aromatic rings. The number of allylic oxidation sites excluding steroid dienone is 10. The molecule has 6 N–H and O–H groups in total.